The summed E-state index contributed by atoms with van der Waals surface area (Å²) in [6.45, 7) is 7.25. The van der Waals surface area contributed by atoms with E-state index in [0.717, 1.165) is 23.3 Å². The molecule has 6 rings (SSSR count). The number of aromatic hydroxyl groups is 1. The molecule has 40 heavy (non-hydrogen) atoms. The molecule has 2 aromatic rings. The molecule has 2 aliphatic carbocycles. The summed E-state index contributed by atoms with van der Waals surface area (Å²) in [5.74, 6) is -0.141. The Hall–Kier alpha value is -3.30. The van der Waals surface area contributed by atoms with E-state index < -0.39 is 34.9 Å². The van der Waals surface area contributed by atoms with Gasteiger partial charge in [0.15, 0.2) is 11.5 Å². The zero-order chi connectivity index (χ0) is 28.6. The van der Waals surface area contributed by atoms with Crippen LogP contribution in [0, 0.1) is 5.92 Å². The van der Waals surface area contributed by atoms with E-state index in [9.17, 15) is 28.2 Å². The summed E-state index contributed by atoms with van der Waals surface area (Å²) < 4.78 is 46.0. The maximum Gasteiger partial charge on any atom is 0.416 e. The predicted molar refractivity (Wildman–Crippen MR) is 144 cm³/mol. The number of amides is 1. The fraction of sp³-hybridized carbons (Fsp3) is 0.452. The van der Waals surface area contributed by atoms with E-state index >= 15 is 0 Å². The molecule has 2 bridgehead atoms. The van der Waals surface area contributed by atoms with Crippen molar-refractivity contribution in [2.45, 2.75) is 61.6 Å². The number of phenolic OH excluding ortho intramolecular Hbond substituents is 1. The van der Waals surface area contributed by atoms with Crippen molar-refractivity contribution in [1.82, 2.24) is 9.80 Å². The molecule has 6 nitrogen and oxygen atoms in total. The van der Waals surface area contributed by atoms with Crippen LogP contribution >= 0.6 is 0 Å². The number of rotatable bonds is 5. The van der Waals surface area contributed by atoms with Crippen molar-refractivity contribution in [2.75, 3.05) is 20.1 Å². The van der Waals surface area contributed by atoms with E-state index in [4.69, 9.17) is 4.74 Å². The molecule has 0 unspecified atom stereocenters. The number of carbonyl (C=O) groups excluding carboxylic acids is 1. The second-order valence-electron chi connectivity index (χ2n) is 11.7. The Balaban J connectivity index is 1.37. The summed E-state index contributed by atoms with van der Waals surface area (Å²) in [5, 5.41) is 23.4. The van der Waals surface area contributed by atoms with Crippen LogP contribution in [0.3, 0.4) is 0 Å². The van der Waals surface area contributed by atoms with Gasteiger partial charge in [0.1, 0.15) is 6.10 Å². The molecule has 6 atom stereocenters. The molecule has 1 amide bonds. The van der Waals surface area contributed by atoms with Gasteiger partial charge in [-0.25, -0.2) is 0 Å². The van der Waals surface area contributed by atoms with Crippen molar-refractivity contribution in [3.05, 3.63) is 77.4 Å². The number of nitrogens with zero attached hydrogens (tertiary/aromatic N) is 2. The Kier molecular flexibility index (Phi) is 6.12. The molecule has 2 heterocycles. The molecule has 2 fully saturated rings. The molecule has 2 aliphatic heterocycles. The first-order chi connectivity index (χ1) is 18.9. The minimum Gasteiger partial charge on any atom is -0.504 e. The third-order valence-corrected chi connectivity index (χ3v) is 9.69. The smallest absolute Gasteiger partial charge is 0.416 e. The zero-order valence-corrected chi connectivity index (χ0v) is 22.5. The van der Waals surface area contributed by atoms with E-state index in [1.807, 2.05) is 19.1 Å². The van der Waals surface area contributed by atoms with Gasteiger partial charge in [-0.05, 0) is 67.1 Å². The number of ether oxygens (including phenoxy) is 1. The Morgan fingerprint density at radius 3 is 2.80 bits per heavy atom. The summed E-state index contributed by atoms with van der Waals surface area (Å²) in [5.41, 5.74) is -0.578. The maximum absolute atomic E-state index is 13.5. The lowest BCUT2D eigenvalue weighted by Gasteiger charge is -2.65. The van der Waals surface area contributed by atoms with Crippen molar-refractivity contribution in [3.63, 3.8) is 0 Å². The predicted octanol–water partition coefficient (Wildman–Crippen LogP) is 4.54. The van der Waals surface area contributed by atoms with E-state index in [-0.39, 0.29) is 29.2 Å². The van der Waals surface area contributed by atoms with Gasteiger partial charge in [0.25, 0.3) is 0 Å². The number of carbonyl (C=O) groups is 1. The maximum atomic E-state index is 13.5. The van der Waals surface area contributed by atoms with E-state index in [0.29, 0.717) is 38.1 Å². The average Bonchev–Trinajstić information content (AvgIpc) is 3.24. The highest BCUT2D eigenvalue weighted by Crippen LogP contribution is 2.66. The van der Waals surface area contributed by atoms with Crippen LogP contribution in [0.15, 0.2) is 55.1 Å². The lowest BCUT2D eigenvalue weighted by atomic mass is 9.46. The lowest BCUT2D eigenvalue weighted by molar-refractivity contribution is -0.210. The number of hydrogen-bond acceptors (Lipinski definition) is 5. The molecule has 1 saturated carbocycles. The number of phenols is 1. The summed E-state index contributed by atoms with van der Waals surface area (Å²) in [4.78, 5) is 17.3. The standard InChI is InChI=1S/C31H33F3N2O4/c1-4-13-36-14-12-29-25-20-9-10-22(37)27(25)40-28(29)26(18(2)17-30(29,39)23(36)16-20)35(3)24(38)11-8-19-6-5-7-21(15-19)31(32,33)34/h4-11,15,18,23,26,28,37,39H,1,12-14,16-17H2,2-3H3/t18-,23-,26+,28+,29+,30-/m1/s1. The van der Waals surface area contributed by atoms with Crippen LogP contribution in [0.1, 0.15) is 42.0 Å². The second kappa shape index (κ2) is 9.11. The minimum atomic E-state index is -4.48. The SMILES string of the molecule is C=CCN1CC[C@]23c4c5ccc(O)c4O[C@H]2[C@@H](N(C)C(=O)C=Cc2cccc(C(F)(F)F)c2)[C@H](C)C[C@@]3(O)[C@H]1C5. The van der Waals surface area contributed by atoms with Crippen LogP contribution in [0.2, 0.25) is 0 Å². The quantitative estimate of drug-likeness (QED) is 0.420. The van der Waals surface area contributed by atoms with Gasteiger partial charge in [-0.3, -0.25) is 9.69 Å². The molecular formula is C31H33F3N2O4. The minimum absolute atomic E-state index is 0.0154. The van der Waals surface area contributed by atoms with Gasteiger partial charge in [-0.2, -0.15) is 13.2 Å². The topological polar surface area (TPSA) is 73.2 Å². The largest absolute Gasteiger partial charge is 0.504 e. The summed E-state index contributed by atoms with van der Waals surface area (Å²) in [6.07, 6.45) is 1.07. The lowest BCUT2D eigenvalue weighted by Crippen LogP contribution is -2.79. The first-order valence-corrected chi connectivity index (χ1v) is 13.6. The van der Waals surface area contributed by atoms with Crippen molar-refractivity contribution >= 4 is 12.0 Å². The third-order valence-electron chi connectivity index (χ3n) is 9.69. The number of benzene rings is 2. The normalized spacial score (nSPS) is 32.5. The zero-order valence-electron chi connectivity index (χ0n) is 22.5. The Bertz CT molecular complexity index is 1410. The average molecular weight is 555 g/mol. The highest BCUT2D eigenvalue weighted by molar-refractivity contribution is 5.92. The molecule has 4 aliphatic rings. The molecule has 1 saturated heterocycles. The first kappa shape index (κ1) is 26.9. The van der Waals surface area contributed by atoms with Gasteiger partial charge in [-0.1, -0.05) is 31.2 Å². The van der Waals surface area contributed by atoms with Crippen LogP contribution in [-0.2, 0) is 22.8 Å². The van der Waals surface area contributed by atoms with Gasteiger partial charge in [0, 0.05) is 31.3 Å². The van der Waals surface area contributed by atoms with E-state index in [1.54, 1.807) is 18.0 Å². The molecule has 9 heteroatoms. The Morgan fingerprint density at radius 1 is 1.30 bits per heavy atom. The van der Waals surface area contributed by atoms with Crippen LogP contribution in [0.4, 0.5) is 13.2 Å². The van der Waals surface area contributed by atoms with Crippen LogP contribution < -0.4 is 4.74 Å². The Labute approximate surface area is 231 Å². The highest BCUT2D eigenvalue weighted by Gasteiger charge is 2.74. The van der Waals surface area contributed by atoms with Gasteiger partial charge in [0.05, 0.1) is 22.6 Å². The van der Waals surface area contributed by atoms with Crippen LogP contribution in [-0.4, -0.2) is 69.8 Å². The molecule has 0 radical (unpaired) electrons. The van der Waals surface area contributed by atoms with Gasteiger partial charge < -0.3 is 19.8 Å². The molecule has 0 aromatic heterocycles. The number of piperidine rings is 1. The highest BCUT2D eigenvalue weighted by atomic mass is 19.4. The van der Waals surface area contributed by atoms with Gasteiger partial charge in [-0.15, -0.1) is 6.58 Å². The first-order valence-electron chi connectivity index (χ1n) is 13.6. The number of likely N-dealkylation sites (tertiary alicyclic amines) is 1. The summed E-state index contributed by atoms with van der Waals surface area (Å²) >= 11 is 0. The van der Waals surface area contributed by atoms with Gasteiger partial charge in [0.2, 0.25) is 5.91 Å². The third kappa shape index (κ3) is 3.66. The van der Waals surface area contributed by atoms with Crippen molar-refractivity contribution in [1.29, 1.82) is 0 Å². The molecule has 212 valence electrons. The number of halogens is 3. The van der Waals surface area contributed by atoms with E-state index in [1.165, 1.54) is 24.3 Å². The fourth-order valence-electron chi connectivity index (χ4n) is 8.10. The Morgan fingerprint density at radius 2 is 2.08 bits per heavy atom. The molecular weight excluding hydrogens is 521 g/mol. The number of likely N-dealkylation sites (N-methyl/N-ethyl adjacent to an activating group) is 1. The summed E-state index contributed by atoms with van der Waals surface area (Å²) in [7, 11) is 1.67. The number of alkyl halides is 3. The number of hydrogen-bond donors (Lipinski definition) is 2. The van der Waals surface area contributed by atoms with Crippen molar-refractivity contribution in [3.8, 4) is 11.5 Å². The summed E-state index contributed by atoms with van der Waals surface area (Å²) in [6, 6.07) is 7.75. The molecule has 2 N–H and O–H groups in total. The molecule has 1 spiro atoms. The van der Waals surface area contributed by atoms with Gasteiger partial charge >= 0.3 is 6.18 Å². The van der Waals surface area contributed by atoms with Crippen LogP contribution in [0.5, 0.6) is 11.5 Å². The fourth-order valence-corrected chi connectivity index (χ4v) is 8.10. The molecule has 2 aromatic carbocycles. The second-order valence-corrected chi connectivity index (χ2v) is 11.7. The number of aliphatic hydroxyl groups is 1. The monoisotopic (exact) mass is 554 g/mol. The van der Waals surface area contributed by atoms with Crippen molar-refractivity contribution in [2.24, 2.45) is 5.92 Å². The van der Waals surface area contributed by atoms with E-state index in [2.05, 4.69) is 11.5 Å². The van der Waals surface area contributed by atoms with Crippen molar-refractivity contribution < 1.29 is 32.9 Å². The van der Waals surface area contributed by atoms with Crippen LogP contribution in [0.25, 0.3) is 6.08 Å².